The van der Waals surface area contributed by atoms with Crippen molar-refractivity contribution in [1.82, 2.24) is 4.98 Å². The molecular weight excluding hydrogens is 274 g/mol. The van der Waals surface area contributed by atoms with Crippen molar-refractivity contribution in [3.8, 4) is 0 Å². The highest BCUT2D eigenvalue weighted by atomic mass is 35.5. The number of rotatable bonds is 3. The molecule has 5 heteroatoms. The van der Waals surface area contributed by atoms with Gasteiger partial charge in [-0.2, -0.15) is 4.98 Å². The molecule has 3 aromatic rings. The maximum atomic E-state index is 5.88. The lowest BCUT2D eigenvalue weighted by atomic mass is 10.2. The molecule has 0 unspecified atom stereocenters. The normalized spacial score (nSPS) is 10.9. The van der Waals surface area contributed by atoms with Gasteiger partial charge in [0.1, 0.15) is 5.52 Å². The first-order valence-electron chi connectivity index (χ1n) is 6.24. The Hall–Kier alpha value is -2.20. The molecule has 20 heavy (non-hydrogen) atoms. The molecule has 102 valence electrons. The van der Waals surface area contributed by atoms with E-state index in [0.29, 0.717) is 29.3 Å². The fourth-order valence-corrected chi connectivity index (χ4v) is 2.18. The van der Waals surface area contributed by atoms with Gasteiger partial charge in [-0.1, -0.05) is 29.8 Å². The Morgan fingerprint density at radius 3 is 2.65 bits per heavy atom. The van der Waals surface area contributed by atoms with Crippen LogP contribution in [0, 0.1) is 0 Å². The van der Waals surface area contributed by atoms with Crippen LogP contribution in [0.5, 0.6) is 0 Å². The van der Waals surface area contributed by atoms with Crippen molar-refractivity contribution < 1.29 is 4.42 Å². The molecule has 0 atom stereocenters. The molecule has 0 saturated carbocycles. The first-order chi connectivity index (χ1) is 9.63. The molecule has 1 aromatic heterocycles. The number of halogens is 1. The van der Waals surface area contributed by atoms with E-state index < -0.39 is 0 Å². The second-order valence-corrected chi connectivity index (χ2v) is 5.11. The van der Waals surface area contributed by atoms with E-state index in [4.69, 9.17) is 21.8 Å². The van der Waals surface area contributed by atoms with Crippen LogP contribution < -0.4 is 10.6 Å². The van der Waals surface area contributed by atoms with Gasteiger partial charge in [0, 0.05) is 18.6 Å². The molecule has 4 nitrogen and oxygen atoms in total. The summed E-state index contributed by atoms with van der Waals surface area (Å²) in [5.74, 6) is 0. The highest BCUT2D eigenvalue weighted by molar-refractivity contribution is 6.30. The molecule has 0 aliphatic carbocycles. The summed E-state index contributed by atoms with van der Waals surface area (Å²) in [6, 6.07) is 13.8. The highest BCUT2D eigenvalue weighted by Crippen LogP contribution is 2.26. The standard InChI is InChI=1S/C15H14ClN3O/c1-19(9-10-5-7-11(16)8-6-10)15-18-14-12(17)3-2-4-13(14)20-15/h2-8H,9,17H2,1H3. The van der Waals surface area contributed by atoms with Crippen LogP contribution in [-0.4, -0.2) is 12.0 Å². The summed E-state index contributed by atoms with van der Waals surface area (Å²) in [5, 5.41) is 0.728. The quantitative estimate of drug-likeness (QED) is 0.746. The highest BCUT2D eigenvalue weighted by Gasteiger charge is 2.12. The van der Waals surface area contributed by atoms with E-state index in [1.807, 2.05) is 54.4 Å². The number of hydrogen-bond acceptors (Lipinski definition) is 4. The number of oxazole rings is 1. The number of aromatic nitrogens is 1. The van der Waals surface area contributed by atoms with E-state index >= 15 is 0 Å². The molecule has 0 fully saturated rings. The molecule has 0 radical (unpaired) electrons. The number of nitrogens with zero attached hydrogens (tertiary/aromatic N) is 2. The summed E-state index contributed by atoms with van der Waals surface area (Å²) in [6.07, 6.45) is 0. The molecule has 0 aliphatic heterocycles. The average Bonchev–Trinajstić information content (AvgIpc) is 2.87. The zero-order valence-electron chi connectivity index (χ0n) is 11.0. The molecule has 2 N–H and O–H groups in total. The van der Waals surface area contributed by atoms with Gasteiger partial charge in [0.15, 0.2) is 5.58 Å². The molecule has 2 aromatic carbocycles. The van der Waals surface area contributed by atoms with Crippen LogP contribution in [-0.2, 0) is 6.54 Å². The smallest absolute Gasteiger partial charge is 0.298 e. The monoisotopic (exact) mass is 287 g/mol. The van der Waals surface area contributed by atoms with Crippen molar-refractivity contribution in [2.45, 2.75) is 6.54 Å². The molecule has 1 heterocycles. The Bertz CT molecular complexity index is 736. The van der Waals surface area contributed by atoms with Crippen molar-refractivity contribution in [3.63, 3.8) is 0 Å². The van der Waals surface area contributed by atoms with Gasteiger partial charge in [-0.25, -0.2) is 0 Å². The Labute approximate surface area is 121 Å². The topological polar surface area (TPSA) is 55.3 Å². The molecular formula is C15H14ClN3O. The van der Waals surface area contributed by atoms with Gasteiger partial charge in [0.25, 0.3) is 6.01 Å². The van der Waals surface area contributed by atoms with Crippen LogP contribution in [0.4, 0.5) is 11.7 Å². The number of nitrogens with two attached hydrogens (primary N) is 1. The van der Waals surface area contributed by atoms with Crippen LogP contribution in [0.3, 0.4) is 0 Å². The van der Waals surface area contributed by atoms with Crippen LogP contribution in [0.1, 0.15) is 5.56 Å². The summed E-state index contributed by atoms with van der Waals surface area (Å²) in [4.78, 5) is 6.37. The third kappa shape index (κ3) is 2.42. The van der Waals surface area contributed by atoms with Crippen LogP contribution in [0.15, 0.2) is 46.9 Å². The van der Waals surface area contributed by atoms with Crippen LogP contribution in [0.2, 0.25) is 5.02 Å². The third-order valence-electron chi connectivity index (χ3n) is 3.10. The minimum absolute atomic E-state index is 0.549. The number of fused-ring (bicyclic) bond motifs is 1. The fraction of sp³-hybridized carbons (Fsp3) is 0.133. The third-order valence-corrected chi connectivity index (χ3v) is 3.35. The van der Waals surface area contributed by atoms with Crippen molar-refractivity contribution in [2.75, 3.05) is 17.7 Å². The number of para-hydroxylation sites is 1. The summed E-state index contributed by atoms with van der Waals surface area (Å²) in [6.45, 7) is 0.684. The summed E-state index contributed by atoms with van der Waals surface area (Å²) in [5.41, 5.74) is 9.03. The van der Waals surface area contributed by atoms with E-state index in [-0.39, 0.29) is 0 Å². The summed E-state index contributed by atoms with van der Waals surface area (Å²) < 4.78 is 5.72. The van der Waals surface area contributed by atoms with E-state index in [1.54, 1.807) is 0 Å². The minimum atomic E-state index is 0.549. The Morgan fingerprint density at radius 1 is 1.20 bits per heavy atom. The Balaban J connectivity index is 1.86. The maximum Gasteiger partial charge on any atom is 0.298 e. The van der Waals surface area contributed by atoms with Crippen molar-refractivity contribution in [3.05, 3.63) is 53.1 Å². The van der Waals surface area contributed by atoms with E-state index in [1.165, 1.54) is 0 Å². The Kier molecular flexibility index (Phi) is 3.24. The SMILES string of the molecule is CN(Cc1ccc(Cl)cc1)c1nc2c(N)cccc2o1. The Morgan fingerprint density at radius 2 is 1.95 bits per heavy atom. The van der Waals surface area contributed by atoms with Crippen molar-refractivity contribution >= 4 is 34.4 Å². The number of nitrogen functional groups attached to an aromatic ring is 1. The second-order valence-electron chi connectivity index (χ2n) is 4.67. The van der Waals surface area contributed by atoms with Gasteiger partial charge in [-0.15, -0.1) is 0 Å². The lowest BCUT2D eigenvalue weighted by molar-refractivity contribution is 0.582. The molecule has 0 aliphatic rings. The number of hydrogen-bond donors (Lipinski definition) is 1. The molecule has 0 amide bonds. The van der Waals surface area contributed by atoms with Gasteiger partial charge < -0.3 is 15.1 Å². The van der Waals surface area contributed by atoms with Gasteiger partial charge in [0.2, 0.25) is 0 Å². The maximum absolute atomic E-state index is 5.88. The second kappa shape index (κ2) is 5.06. The summed E-state index contributed by atoms with van der Waals surface area (Å²) in [7, 11) is 1.93. The van der Waals surface area contributed by atoms with Crippen LogP contribution >= 0.6 is 11.6 Å². The van der Waals surface area contributed by atoms with E-state index in [0.717, 1.165) is 10.6 Å². The average molecular weight is 288 g/mol. The fourth-order valence-electron chi connectivity index (χ4n) is 2.05. The van der Waals surface area contributed by atoms with Crippen LogP contribution in [0.25, 0.3) is 11.1 Å². The number of anilines is 2. The summed E-state index contributed by atoms with van der Waals surface area (Å²) >= 11 is 5.88. The van der Waals surface area contributed by atoms with Crippen molar-refractivity contribution in [2.24, 2.45) is 0 Å². The van der Waals surface area contributed by atoms with Gasteiger partial charge >= 0.3 is 0 Å². The molecule has 0 saturated heterocycles. The predicted octanol–water partition coefficient (Wildman–Crippen LogP) is 3.70. The van der Waals surface area contributed by atoms with E-state index in [9.17, 15) is 0 Å². The van der Waals surface area contributed by atoms with Gasteiger partial charge in [-0.3, -0.25) is 0 Å². The number of benzene rings is 2. The first-order valence-corrected chi connectivity index (χ1v) is 6.62. The first kappa shape index (κ1) is 12.8. The zero-order chi connectivity index (χ0) is 14.1. The molecule has 0 bridgehead atoms. The predicted molar refractivity (Wildman–Crippen MR) is 82.0 cm³/mol. The van der Waals surface area contributed by atoms with E-state index in [2.05, 4.69) is 4.98 Å². The molecule has 0 spiro atoms. The van der Waals surface area contributed by atoms with Gasteiger partial charge in [-0.05, 0) is 29.8 Å². The molecule has 3 rings (SSSR count). The largest absolute Gasteiger partial charge is 0.423 e. The lowest BCUT2D eigenvalue weighted by Crippen LogP contribution is -2.16. The van der Waals surface area contributed by atoms with Gasteiger partial charge in [0.05, 0.1) is 5.69 Å². The van der Waals surface area contributed by atoms with Crippen molar-refractivity contribution in [1.29, 1.82) is 0 Å². The lowest BCUT2D eigenvalue weighted by Gasteiger charge is -2.14. The minimum Gasteiger partial charge on any atom is -0.423 e. The zero-order valence-corrected chi connectivity index (χ0v) is 11.8.